The van der Waals surface area contributed by atoms with Gasteiger partial charge in [-0.2, -0.15) is 0 Å². The van der Waals surface area contributed by atoms with Crippen molar-refractivity contribution in [2.75, 3.05) is 10.6 Å². The molecule has 2 rings (SSSR count). The number of hydrogen-bond donors (Lipinski definition) is 4. The van der Waals surface area contributed by atoms with Gasteiger partial charge in [-0.05, 0) is 62.6 Å². The van der Waals surface area contributed by atoms with E-state index >= 15 is 0 Å². The average molecular weight is 383 g/mol. The maximum atomic E-state index is 12.3. The monoisotopic (exact) mass is 383 g/mol. The molecule has 7 heteroatoms. The van der Waals surface area contributed by atoms with Gasteiger partial charge >= 0.3 is 12.0 Å². The number of aliphatic carboxylic acids is 1. The molecular weight excluding hydrogens is 358 g/mol. The smallest absolute Gasteiger partial charge is 0.323 e. The first-order valence-corrected chi connectivity index (χ1v) is 9.05. The highest BCUT2D eigenvalue weighted by Crippen LogP contribution is 2.17. The van der Waals surface area contributed by atoms with Gasteiger partial charge in [0.2, 0.25) is 0 Å². The largest absolute Gasteiger partial charge is 0.481 e. The van der Waals surface area contributed by atoms with Crippen LogP contribution in [0.15, 0.2) is 42.5 Å². The SMILES string of the molecule is Cc1ccc(NC(=O)Nc2cccc(CCC(=O)O)c2)cc1C(=O)NC(C)C. The van der Waals surface area contributed by atoms with E-state index in [1.807, 2.05) is 26.8 Å². The van der Waals surface area contributed by atoms with Crippen molar-refractivity contribution in [2.24, 2.45) is 0 Å². The Hall–Kier alpha value is -3.35. The van der Waals surface area contributed by atoms with Crippen molar-refractivity contribution in [1.29, 1.82) is 0 Å². The van der Waals surface area contributed by atoms with Gasteiger partial charge in [0.1, 0.15) is 0 Å². The topological polar surface area (TPSA) is 108 Å². The van der Waals surface area contributed by atoms with Crippen molar-refractivity contribution in [3.05, 3.63) is 59.2 Å². The number of nitrogens with one attached hydrogen (secondary N) is 3. The lowest BCUT2D eigenvalue weighted by Crippen LogP contribution is -2.30. The van der Waals surface area contributed by atoms with Gasteiger partial charge in [0, 0.05) is 29.4 Å². The Kier molecular flexibility index (Phi) is 7.14. The molecule has 148 valence electrons. The van der Waals surface area contributed by atoms with E-state index in [1.54, 1.807) is 36.4 Å². The van der Waals surface area contributed by atoms with Gasteiger partial charge in [0.15, 0.2) is 0 Å². The quantitative estimate of drug-likeness (QED) is 0.583. The van der Waals surface area contributed by atoms with Crippen LogP contribution in [0.25, 0.3) is 0 Å². The number of hydrogen-bond acceptors (Lipinski definition) is 3. The first-order chi connectivity index (χ1) is 13.2. The lowest BCUT2D eigenvalue weighted by molar-refractivity contribution is -0.136. The summed E-state index contributed by atoms with van der Waals surface area (Å²) in [5, 5.41) is 17.0. The number of amides is 3. The molecule has 0 fully saturated rings. The highest BCUT2D eigenvalue weighted by Gasteiger charge is 2.12. The standard InChI is InChI=1S/C21H25N3O4/c1-13(2)22-20(27)18-12-17(9-7-14(18)3)24-21(28)23-16-6-4-5-15(11-16)8-10-19(25)26/h4-7,9,11-13H,8,10H2,1-3H3,(H,22,27)(H,25,26)(H2,23,24,28). The van der Waals surface area contributed by atoms with E-state index in [0.717, 1.165) is 11.1 Å². The summed E-state index contributed by atoms with van der Waals surface area (Å²) in [5.41, 5.74) is 3.20. The summed E-state index contributed by atoms with van der Waals surface area (Å²) < 4.78 is 0. The Labute approximate surface area is 164 Å². The molecule has 0 spiro atoms. The van der Waals surface area contributed by atoms with Gasteiger partial charge in [-0.1, -0.05) is 18.2 Å². The van der Waals surface area contributed by atoms with E-state index < -0.39 is 12.0 Å². The molecule has 2 aromatic rings. The zero-order chi connectivity index (χ0) is 20.7. The second kappa shape index (κ2) is 9.55. The van der Waals surface area contributed by atoms with E-state index in [2.05, 4.69) is 16.0 Å². The minimum absolute atomic E-state index is 0.0141. The van der Waals surface area contributed by atoms with Crippen LogP contribution in [0, 0.1) is 6.92 Å². The second-order valence-electron chi connectivity index (χ2n) is 6.83. The third kappa shape index (κ3) is 6.42. The number of benzene rings is 2. The predicted octanol–water partition coefficient (Wildman–Crippen LogP) is 3.79. The van der Waals surface area contributed by atoms with Crippen molar-refractivity contribution in [3.63, 3.8) is 0 Å². The minimum Gasteiger partial charge on any atom is -0.481 e. The third-order valence-electron chi connectivity index (χ3n) is 3.97. The molecule has 28 heavy (non-hydrogen) atoms. The molecule has 7 nitrogen and oxygen atoms in total. The highest BCUT2D eigenvalue weighted by molar-refractivity contribution is 6.02. The first kappa shape index (κ1) is 21.0. The molecule has 0 aliphatic heterocycles. The number of carboxylic acids is 1. The van der Waals surface area contributed by atoms with Crippen molar-refractivity contribution in [1.82, 2.24) is 5.32 Å². The number of urea groups is 1. The van der Waals surface area contributed by atoms with Crippen LogP contribution >= 0.6 is 0 Å². The highest BCUT2D eigenvalue weighted by atomic mass is 16.4. The molecule has 0 heterocycles. The summed E-state index contributed by atoms with van der Waals surface area (Å²) >= 11 is 0. The van der Waals surface area contributed by atoms with Crippen molar-refractivity contribution < 1.29 is 19.5 Å². The minimum atomic E-state index is -0.868. The fourth-order valence-electron chi connectivity index (χ4n) is 2.63. The van der Waals surface area contributed by atoms with Crippen molar-refractivity contribution in [3.8, 4) is 0 Å². The molecule has 0 aromatic heterocycles. The lowest BCUT2D eigenvalue weighted by atomic mass is 10.1. The normalized spacial score (nSPS) is 10.4. The summed E-state index contributed by atoms with van der Waals surface area (Å²) in [6, 6.07) is 11.7. The van der Waals surface area contributed by atoms with Gasteiger partial charge in [-0.15, -0.1) is 0 Å². The molecule has 0 atom stereocenters. The van der Waals surface area contributed by atoms with Gasteiger partial charge in [-0.25, -0.2) is 4.79 Å². The molecule has 0 saturated heterocycles. The zero-order valence-corrected chi connectivity index (χ0v) is 16.2. The molecule has 0 unspecified atom stereocenters. The van der Waals surface area contributed by atoms with E-state index in [0.29, 0.717) is 23.4 Å². The van der Waals surface area contributed by atoms with Crippen LogP contribution in [0.4, 0.5) is 16.2 Å². The number of carbonyl (C=O) groups excluding carboxylic acids is 2. The number of carbonyl (C=O) groups is 3. The Morgan fingerprint density at radius 1 is 1.00 bits per heavy atom. The van der Waals surface area contributed by atoms with E-state index in [1.165, 1.54) is 0 Å². The summed E-state index contributed by atoms with van der Waals surface area (Å²) in [6.07, 6.45) is 0.416. The van der Waals surface area contributed by atoms with E-state index in [9.17, 15) is 14.4 Å². The van der Waals surface area contributed by atoms with Gasteiger partial charge in [0.05, 0.1) is 0 Å². The van der Waals surface area contributed by atoms with Crippen LogP contribution in [0.1, 0.15) is 41.8 Å². The fraction of sp³-hybridized carbons (Fsp3) is 0.286. The second-order valence-corrected chi connectivity index (χ2v) is 6.83. The number of rotatable bonds is 7. The third-order valence-corrected chi connectivity index (χ3v) is 3.97. The molecule has 0 saturated carbocycles. The molecule has 3 amide bonds. The molecule has 0 aliphatic carbocycles. The predicted molar refractivity (Wildman–Crippen MR) is 109 cm³/mol. The van der Waals surface area contributed by atoms with E-state index in [-0.39, 0.29) is 18.4 Å². The summed E-state index contributed by atoms with van der Waals surface area (Å²) in [4.78, 5) is 35.2. The Morgan fingerprint density at radius 3 is 2.32 bits per heavy atom. The van der Waals surface area contributed by atoms with Crippen LogP contribution in [0.3, 0.4) is 0 Å². The van der Waals surface area contributed by atoms with Crippen LogP contribution in [0.2, 0.25) is 0 Å². The molecule has 0 bridgehead atoms. The zero-order valence-electron chi connectivity index (χ0n) is 16.2. The van der Waals surface area contributed by atoms with Gasteiger partial charge < -0.3 is 21.1 Å². The average Bonchev–Trinajstić information content (AvgIpc) is 2.61. The van der Waals surface area contributed by atoms with Crippen LogP contribution in [-0.2, 0) is 11.2 Å². The number of aryl methyl sites for hydroxylation is 2. The fourth-order valence-corrected chi connectivity index (χ4v) is 2.63. The maximum Gasteiger partial charge on any atom is 0.323 e. The van der Waals surface area contributed by atoms with Crippen LogP contribution in [0.5, 0.6) is 0 Å². The molecule has 0 radical (unpaired) electrons. The summed E-state index contributed by atoms with van der Waals surface area (Å²) in [7, 11) is 0. The Bertz CT molecular complexity index is 878. The summed E-state index contributed by atoms with van der Waals surface area (Å²) in [6.45, 7) is 5.60. The molecule has 4 N–H and O–H groups in total. The molecule has 0 aliphatic rings. The van der Waals surface area contributed by atoms with Gasteiger partial charge in [0.25, 0.3) is 5.91 Å². The number of anilines is 2. The number of carboxylic acid groups (broad SMARTS) is 1. The van der Waals surface area contributed by atoms with Crippen molar-refractivity contribution >= 4 is 29.3 Å². The lowest BCUT2D eigenvalue weighted by Gasteiger charge is -2.13. The van der Waals surface area contributed by atoms with Crippen molar-refractivity contribution in [2.45, 2.75) is 39.7 Å². The van der Waals surface area contributed by atoms with Crippen LogP contribution < -0.4 is 16.0 Å². The van der Waals surface area contributed by atoms with Gasteiger partial charge in [-0.3, -0.25) is 9.59 Å². The molecular formula is C21H25N3O4. The maximum absolute atomic E-state index is 12.3. The first-order valence-electron chi connectivity index (χ1n) is 9.05. The summed E-state index contributed by atoms with van der Waals surface area (Å²) in [5.74, 6) is -1.06. The van der Waals surface area contributed by atoms with Crippen LogP contribution in [-0.4, -0.2) is 29.1 Å². The Balaban J connectivity index is 2.04. The molecule has 2 aromatic carbocycles. The Morgan fingerprint density at radius 2 is 1.68 bits per heavy atom. The van der Waals surface area contributed by atoms with E-state index in [4.69, 9.17) is 5.11 Å².